The van der Waals surface area contributed by atoms with Crippen molar-refractivity contribution in [1.29, 1.82) is 0 Å². The van der Waals surface area contributed by atoms with Crippen molar-refractivity contribution in [2.24, 2.45) is 5.92 Å². The molecule has 1 saturated carbocycles. The van der Waals surface area contributed by atoms with Crippen LogP contribution < -0.4 is 10.0 Å². The van der Waals surface area contributed by atoms with Gasteiger partial charge in [0.15, 0.2) is 0 Å². The molecule has 0 bridgehead atoms. The van der Waals surface area contributed by atoms with Crippen LogP contribution >= 0.6 is 11.8 Å². The molecule has 2 N–H and O–H groups in total. The largest absolute Gasteiger partial charge is 0.324 e. The summed E-state index contributed by atoms with van der Waals surface area (Å²) in [4.78, 5) is 12.6. The number of sulfonamides is 1. The molecule has 1 aliphatic heterocycles. The number of thioether (sulfide) groups is 1. The minimum atomic E-state index is -3.55. The third kappa shape index (κ3) is 3.31. The van der Waals surface area contributed by atoms with E-state index in [1.807, 2.05) is 0 Å². The van der Waals surface area contributed by atoms with E-state index < -0.39 is 10.0 Å². The topological polar surface area (TPSA) is 75.3 Å². The molecule has 1 aliphatic carbocycles. The standard InChI is InChI=1S/C15H20N2O3S2/c1-10-4-2-3-5-12(10)17-22(19,20)11-6-7-14-13(8-11)16-15(18)9-21-14/h6-8,10,12,17H,2-5,9H2,1H3,(H,16,18). The number of rotatable bonds is 3. The number of benzene rings is 1. The summed E-state index contributed by atoms with van der Waals surface area (Å²) in [6, 6.07) is 4.92. The lowest BCUT2D eigenvalue weighted by atomic mass is 9.87. The number of nitrogens with one attached hydrogen (secondary N) is 2. The molecule has 3 rings (SSSR count). The third-order valence-electron chi connectivity index (χ3n) is 4.31. The van der Waals surface area contributed by atoms with Crippen LogP contribution in [0.2, 0.25) is 0 Å². The first-order chi connectivity index (χ1) is 10.5. The van der Waals surface area contributed by atoms with Crippen molar-refractivity contribution in [3.8, 4) is 0 Å². The monoisotopic (exact) mass is 340 g/mol. The number of hydrogen-bond acceptors (Lipinski definition) is 4. The highest BCUT2D eigenvalue weighted by Gasteiger charge is 2.27. The number of carbonyl (C=O) groups excluding carboxylic acids is 1. The minimum Gasteiger partial charge on any atom is -0.324 e. The Bertz CT molecular complexity index is 688. The maximum atomic E-state index is 12.6. The van der Waals surface area contributed by atoms with Gasteiger partial charge in [-0.25, -0.2) is 13.1 Å². The average molecular weight is 340 g/mol. The molecule has 0 aromatic heterocycles. The van der Waals surface area contributed by atoms with Gasteiger partial charge in [-0.05, 0) is 37.0 Å². The van der Waals surface area contributed by atoms with Crippen molar-refractivity contribution in [2.75, 3.05) is 11.1 Å². The summed E-state index contributed by atoms with van der Waals surface area (Å²) in [5.74, 6) is 0.633. The van der Waals surface area contributed by atoms with Gasteiger partial charge in [0, 0.05) is 10.9 Å². The van der Waals surface area contributed by atoms with E-state index in [0.717, 1.165) is 24.2 Å². The molecular weight excluding hydrogens is 320 g/mol. The predicted molar refractivity (Wildman–Crippen MR) is 87.5 cm³/mol. The second kappa shape index (κ2) is 6.22. The highest BCUT2D eigenvalue weighted by molar-refractivity contribution is 8.00. The zero-order valence-electron chi connectivity index (χ0n) is 12.5. The second-order valence-electron chi connectivity index (χ2n) is 5.98. The fraction of sp³-hybridized carbons (Fsp3) is 0.533. The zero-order chi connectivity index (χ0) is 15.7. The summed E-state index contributed by atoms with van der Waals surface area (Å²) < 4.78 is 28.0. The summed E-state index contributed by atoms with van der Waals surface area (Å²) in [7, 11) is -3.55. The number of hydrogen-bond donors (Lipinski definition) is 2. The van der Waals surface area contributed by atoms with E-state index in [2.05, 4.69) is 17.0 Å². The smallest absolute Gasteiger partial charge is 0.240 e. The Hall–Kier alpha value is -1.05. The van der Waals surface area contributed by atoms with Crippen LogP contribution in [0, 0.1) is 5.92 Å². The zero-order valence-corrected chi connectivity index (χ0v) is 14.1. The summed E-state index contributed by atoms with van der Waals surface area (Å²) in [5.41, 5.74) is 0.584. The van der Waals surface area contributed by atoms with Crippen molar-refractivity contribution >= 4 is 33.4 Å². The van der Waals surface area contributed by atoms with Gasteiger partial charge in [0.05, 0.1) is 16.3 Å². The van der Waals surface area contributed by atoms with E-state index in [1.165, 1.54) is 18.2 Å². The Balaban J connectivity index is 1.83. The molecule has 1 heterocycles. The van der Waals surface area contributed by atoms with Gasteiger partial charge in [0.2, 0.25) is 15.9 Å². The molecule has 2 atom stereocenters. The Morgan fingerprint density at radius 3 is 2.82 bits per heavy atom. The fourth-order valence-electron chi connectivity index (χ4n) is 2.99. The highest BCUT2D eigenvalue weighted by atomic mass is 32.2. The second-order valence-corrected chi connectivity index (χ2v) is 8.72. The van der Waals surface area contributed by atoms with Gasteiger partial charge in [0.1, 0.15) is 0 Å². The Morgan fingerprint density at radius 2 is 2.05 bits per heavy atom. The maximum absolute atomic E-state index is 12.6. The minimum absolute atomic E-state index is 0.00116. The van der Waals surface area contributed by atoms with Crippen molar-refractivity contribution in [3.63, 3.8) is 0 Å². The predicted octanol–water partition coefficient (Wildman–Crippen LogP) is 2.59. The van der Waals surface area contributed by atoms with Crippen LogP contribution in [-0.4, -0.2) is 26.1 Å². The number of anilines is 1. The quantitative estimate of drug-likeness (QED) is 0.887. The SMILES string of the molecule is CC1CCCCC1NS(=O)(=O)c1ccc2c(c1)NC(=O)CS2. The lowest BCUT2D eigenvalue weighted by Gasteiger charge is -2.29. The summed E-state index contributed by atoms with van der Waals surface area (Å²) in [6.07, 6.45) is 4.18. The molecule has 1 aromatic rings. The molecular formula is C15H20N2O3S2. The highest BCUT2D eigenvalue weighted by Crippen LogP contribution is 2.33. The molecule has 0 spiro atoms. The maximum Gasteiger partial charge on any atom is 0.240 e. The van der Waals surface area contributed by atoms with E-state index in [0.29, 0.717) is 17.4 Å². The van der Waals surface area contributed by atoms with Crippen LogP contribution in [0.4, 0.5) is 5.69 Å². The molecule has 2 unspecified atom stereocenters. The van der Waals surface area contributed by atoms with E-state index in [9.17, 15) is 13.2 Å². The van der Waals surface area contributed by atoms with E-state index in [-0.39, 0.29) is 16.8 Å². The molecule has 2 aliphatic rings. The van der Waals surface area contributed by atoms with E-state index in [4.69, 9.17) is 0 Å². The molecule has 1 amide bonds. The van der Waals surface area contributed by atoms with Crippen LogP contribution in [0.5, 0.6) is 0 Å². The first kappa shape index (κ1) is 15.8. The van der Waals surface area contributed by atoms with Crippen LogP contribution in [0.25, 0.3) is 0 Å². The molecule has 1 fully saturated rings. The molecule has 0 radical (unpaired) electrons. The Morgan fingerprint density at radius 1 is 1.27 bits per heavy atom. The summed E-state index contributed by atoms with van der Waals surface area (Å²) in [5, 5.41) is 2.73. The number of fused-ring (bicyclic) bond motifs is 1. The van der Waals surface area contributed by atoms with Crippen LogP contribution in [0.15, 0.2) is 28.0 Å². The van der Waals surface area contributed by atoms with Gasteiger partial charge in [-0.2, -0.15) is 0 Å². The summed E-state index contributed by atoms with van der Waals surface area (Å²) in [6.45, 7) is 2.09. The molecule has 1 aromatic carbocycles. The number of amides is 1. The third-order valence-corrected chi connectivity index (χ3v) is 6.87. The van der Waals surface area contributed by atoms with Crippen LogP contribution in [0.1, 0.15) is 32.6 Å². The van der Waals surface area contributed by atoms with Crippen molar-refractivity contribution < 1.29 is 13.2 Å². The van der Waals surface area contributed by atoms with Crippen molar-refractivity contribution in [1.82, 2.24) is 4.72 Å². The molecule has 7 heteroatoms. The van der Waals surface area contributed by atoms with Gasteiger partial charge >= 0.3 is 0 Å². The van der Waals surface area contributed by atoms with Crippen molar-refractivity contribution in [3.05, 3.63) is 18.2 Å². The molecule has 120 valence electrons. The van der Waals surface area contributed by atoms with Gasteiger partial charge in [-0.15, -0.1) is 11.8 Å². The van der Waals surface area contributed by atoms with E-state index >= 15 is 0 Å². The average Bonchev–Trinajstić information content (AvgIpc) is 2.48. The Labute approximate surface area is 135 Å². The van der Waals surface area contributed by atoms with Gasteiger partial charge < -0.3 is 5.32 Å². The first-order valence-electron chi connectivity index (χ1n) is 7.55. The first-order valence-corrected chi connectivity index (χ1v) is 10.0. The van der Waals surface area contributed by atoms with Crippen molar-refractivity contribution in [2.45, 2.75) is 48.4 Å². The number of carbonyl (C=O) groups is 1. The van der Waals surface area contributed by atoms with Gasteiger partial charge in [0.25, 0.3) is 0 Å². The van der Waals surface area contributed by atoms with Gasteiger partial charge in [-0.3, -0.25) is 4.79 Å². The van der Waals surface area contributed by atoms with Gasteiger partial charge in [-0.1, -0.05) is 19.8 Å². The van der Waals surface area contributed by atoms with Crippen LogP contribution in [-0.2, 0) is 14.8 Å². The molecule has 5 nitrogen and oxygen atoms in total. The lowest BCUT2D eigenvalue weighted by molar-refractivity contribution is -0.113. The summed E-state index contributed by atoms with van der Waals surface area (Å²) >= 11 is 1.42. The molecule has 22 heavy (non-hydrogen) atoms. The Kier molecular flexibility index (Phi) is 4.47. The normalized spacial score (nSPS) is 25.4. The lowest BCUT2D eigenvalue weighted by Crippen LogP contribution is -2.41. The van der Waals surface area contributed by atoms with Crippen LogP contribution in [0.3, 0.4) is 0 Å². The fourth-order valence-corrected chi connectivity index (χ4v) is 5.18. The van der Waals surface area contributed by atoms with E-state index in [1.54, 1.807) is 18.2 Å². The molecule has 0 saturated heterocycles.